The summed E-state index contributed by atoms with van der Waals surface area (Å²) in [6.45, 7) is 4.49. The second-order valence-electron chi connectivity index (χ2n) is 9.72. The quantitative estimate of drug-likeness (QED) is 0.437. The van der Waals surface area contributed by atoms with Gasteiger partial charge in [-0.2, -0.15) is 0 Å². The Labute approximate surface area is 165 Å². The van der Waals surface area contributed by atoms with Crippen LogP contribution < -0.4 is 0 Å². The fraction of sp³-hybridized carbons (Fsp3) is 0.773. The number of ketones is 1. The molecule has 3 saturated carbocycles. The fourth-order valence-corrected chi connectivity index (χ4v) is 6.83. The number of carbonyl (C=O) groups is 3. The summed E-state index contributed by atoms with van der Waals surface area (Å²) in [5, 5.41) is 18.1. The van der Waals surface area contributed by atoms with Crippen LogP contribution in [0.25, 0.3) is 0 Å². The first-order valence-corrected chi connectivity index (χ1v) is 10.5. The number of aliphatic hydroxyl groups is 1. The Morgan fingerprint density at radius 3 is 2.54 bits per heavy atom. The predicted molar refractivity (Wildman–Crippen MR) is 100 cm³/mol. The highest BCUT2D eigenvalue weighted by Crippen LogP contribution is 2.64. The molecule has 0 saturated heterocycles. The molecule has 0 spiro atoms. The van der Waals surface area contributed by atoms with Crippen LogP contribution in [0, 0.1) is 28.6 Å². The summed E-state index contributed by atoms with van der Waals surface area (Å²) in [6.07, 6.45) is 6.74. The van der Waals surface area contributed by atoms with E-state index in [1.165, 1.54) is 5.57 Å². The van der Waals surface area contributed by atoms with Crippen LogP contribution in [0.5, 0.6) is 0 Å². The second kappa shape index (κ2) is 6.68. The van der Waals surface area contributed by atoms with Crippen LogP contribution in [0.15, 0.2) is 11.6 Å². The summed E-state index contributed by atoms with van der Waals surface area (Å²) in [5.74, 6) is -0.627. The summed E-state index contributed by atoms with van der Waals surface area (Å²) in [4.78, 5) is 35.1. The van der Waals surface area contributed by atoms with E-state index in [-0.39, 0.29) is 16.9 Å². The average molecular weight is 390 g/mol. The number of aliphatic hydroxyl groups excluding tert-OH is 1. The van der Waals surface area contributed by atoms with Crippen molar-refractivity contribution in [2.75, 3.05) is 0 Å². The third-order valence-electron chi connectivity index (χ3n) is 8.51. The lowest BCUT2D eigenvalue weighted by atomic mass is 9.48. The van der Waals surface area contributed by atoms with Crippen molar-refractivity contribution in [2.24, 2.45) is 28.6 Å². The molecular formula is C22H30O6. The first-order chi connectivity index (χ1) is 13.2. The van der Waals surface area contributed by atoms with Gasteiger partial charge in [0.05, 0.1) is 0 Å². The minimum absolute atomic E-state index is 0.0597. The van der Waals surface area contributed by atoms with Gasteiger partial charge in [0, 0.05) is 18.3 Å². The van der Waals surface area contributed by atoms with Gasteiger partial charge in [-0.3, -0.25) is 4.79 Å². The summed E-state index contributed by atoms with van der Waals surface area (Å²) < 4.78 is 5.29. The van der Waals surface area contributed by atoms with Crippen LogP contribution in [0.1, 0.15) is 65.2 Å². The first-order valence-electron chi connectivity index (χ1n) is 10.5. The number of hydrogen-bond acceptors (Lipinski definition) is 5. The molecular weight excluding hydrogens is 360 g/mol. The normalized spacial score (nSPS) is 43.2. The molecule has 154 valence electrons. The maximum atomic E-state index is 12.5. The molecule has 6 heteroatoms. The molecule has 0 aromatic heterocycles. The third-order valence-corrected chi connectivity index (χ3v) is 8.51. The molecule has 4 aliphatic rings. The van der Waals surface area contributed by atoms with E-state index in [4.69, 9.17) is 9.84 Å². The van der Waals surface area contributed by atoms with Crippen LogP contribution >= 0.6 is 0 Å². The van der Waals surface area contributed by atoms with Crippen LogP contribution in [0.3, 0.4) is 0 Å². The van der Waals surface area contributed by atoms with Crippen molar-refractivity contribution in [2.45, 2.75) is 77.4 Å². The molecule has 2 N–H and O–H groups in total. The molecule has 0 aromatic rings. The topological polar surface area (TPSA) is 101 Å². The van der Waals surface area contributed by atoms with Gasteiger partial charge in [0.2, 0.25) is 6.10 Å². The largest absolute Gasteiger partial charge is 0.479 e. The zero-order chi connectivity index (χ0) is 20.3. The maximum Gasteiger partial charge on any atom is 0.347 e. The van der Waals surface area contributed by atoms with Crippen LogP contribution in [0.2, 0.25) is 0 Å². The molecule has 0 radical (unpaired) electrons. The highest BCUT2D eigenvalue weighted by atomic mass is 16.6. The van der Waals surface area contributed by atoms with Gasteiger partial charge in [0.25, 0.3) is 0 Å². The monoisotopic (exact) mass is 390 g/mol. The van der Waals surface area contributed by atoms with Gasteiger partial charge in [0.15, 0.2) is 0 Å². The number of fused-ring (bicyclic) bond motifs is 5. The molecule has 0 heterocycles. The molecule has 4 unspecified atom stereocenters. The van der Waals surface area contributed by atoms with Gasteiger partial charge in [-0.15, -0.1) is 0 Å². The van der Waals surface area contributed by atoms with Gasteiger partial charge >= 0.3 is 11.9 Å². The first kappa shape index (κ1) is 19.6. The molecule has 3 fully saturated rings. The van der Waals surface area contributed by atoms with E-state index >= 15 is 0 Å². The Morgan fingerprint density at radius 2 is 1.82 bits per heavy atom. The van der Waals surface area contributed by atoms with Crippen molar-refractivity contribution in [1.82, 2.24) is 0 Å². The van der Waals surface area contributed by atoms with E-state index in [0.717, 1.165) is 38.5 Å². The van der Waals surface area contributed by atoms with Crippen LogP contribution in [0.4, 0.5) is 0 Å². The van der Waals surface area contributed by atoms with Crippen molar-refractivity contribution in [3.8, 4) is 0 Å². The Morgan fingerprint density at radius 1 is 1.14 bits per heavy atom. The number of aliphatic carboxylic acids is 1. The van der Waals surface area contributed by atoms with Gasteiger partial charge in [0.1, 0.15) is 11.9 Å². The van der Waals surface area contributed by atoms with E-state index < -0.39 is 18.0 Å². The smallest absolute Gasteiger partial charge is 0.347 e. The number of Topliss-reactive ketones (excluding diaryl/α,β-unsaturated/α-hetero) is 1. The van der Waals surface area contributed by atoms with Crippen molar-refractivity contribution >= 4 is 17.7 Å². The van der Waals surface area contributed by atoms with Crippen molar-refractivity contribution in [3.63, 3.8) is 0 Å². The third kappa shape index (κ3) is 2.83. The summed E-state index contributed by atoms with van der Waals surface area (Å²) in [6, 6.07) is 0. The Bertz CT molecular complexity index is 741. The van der Waals surface area contributed by atoms with E-state index in [1.54, 1.807) is 0 Å². The fourth-order valence-electron chi connectivity index (χ4n) is 6.83. The Balaban J connectivity index is 1.50. The number of hydrogen-bond donors (Lipinski definition) is 2. The van der Waals surface area contributed by atoms with Crippen molar-refractivity contribution in [3.05, 3.63) is 11.6 Å². The molecule has 6 nitrogen and oxygen atoms in total. The van der Waals surface area contributed by atoms with E-state index in [9.17, 15) is 19.5 Å². The Hall–Kier alpha value is -1.69. The minimum atomic E-state index is -2.12. The predicted octanol–water partition coefficient (Wildman–Crippen LogP) is 2.88. The van der Waals surface area contributed by atoms with Gasteiger partial charge in [-0.1, -0.05) is 25.5 Å². The summed E-state index contributed by atoms with van der Waals surface area (Å²) in [5.41, 5.74) is 1.22. The van der Waals surface area contributed by atoms with E-state index in [2.05, 4.69) is 19.9 Å². The lowest BCUT2D eigenvalue weighted by molar-refractivity contribution is -0.170. The number of carbonyl (C=O) groups excluding carboxylic acids is 2. The number of carboxylic acids is 1. The second-order valence-corrected chi connectivity index (χ2v) is 9.72. The number of rotatable bonds is 3. The standard InChI is InChI=1S/C22H30O6/c1-21-9-7-13(28-20(27)18(24)19(25)26)11-12(21)3-4-14-15-5-6-17(23)22(15,2)10-8-16(14)21/h3,13-16,18,24H,4-11H2,1-2H3,(H,25,26)/t13-,14?,15?,16?,18?,21-,22-/m0/s1. The molecule has 0 bridgehead atoms. The van der Waals surface area contributed by atoms with Gasteiger partial charge in [-0.25, -0.2) is 9.59 Å². The van der Waals surface area contributed by atoms with Crippen molar-refractivity contribution < 1.29 is 29.3 Å². The van der Waals surface area contributed by atoms with E-state index in [1.807, 2.05) is 0 Å². The van der Waals surface area contributed by atoms with Crippen LogP contribution in [-0.2, 0) is 19.1 Å². The molecule has 0 amide bonds. The number of allylic oxidation sites excluding steroid dienone is 1. The average Bonchev–Trinajstić information content (AvgIpc) is 2.96. The van der Waals surface area contributed by atoms with Crippen LogP contribution in [-0.4, -0.2) is 40.1 Å². The summed E-state index contributed by atoms with van der Waals surface area (Å²) in [7, 11) is 0. The minimum Gasteiger partial charge on any atom is -0.479 e. The molecule has 4 aliphatic carbocycles. The van der Waals surface area contributed by atoms with Gasteiger partial charge in [-0.05, 0) is 61.7 Å². The number of ether oxygens (including phenoxy) is 1. The SMILES string of the molecule is C[C@]12CC[C@H](OC(=O)C(O)C(=O)O)CC1=CCC1C2CC[C@]2(C)C(=O)CCC12. The van der Waals surface area contributed by atoms with E-state index in [0.29, 0.717) is 36.4 Å². The lowest BCUT2D eigenvalue weighted by Gasteiger charge is -2.56. The maximum absolute atomic E-state index is 12.5. The van der Waals surface area contributed by atoms with Gasteiger partial charge < -0.3 is 14.9 Å². The molecule has 28 heavy (non-hydrogen) atoms. The molecule has 4 rings (SSSR count). The zero-order valence-electron chi connectivity index (χ0n) is 16.6. The molecule has 7 atom stereocenters. The number of carboxylic acid groups (broad SMARTS) is 1. The lowest BCUT2D eigenvalue weighted by Crippen LogP contribution is -2.50. The summed E-state index contributed by atoms with van der Waals surface area (Å²) >= 11 is 0. The molecule has 0 aliphatic heterocycles. The molecule has 0 aromatic carbocycles. The highest BCUT2D eigenvalue weighted by molar-refractivity contribution is 5.96. The zero-order valence-corrected chi connectivity index (χ0v) is 16.6. The highest BCUT2D eigenvalue weighted by Gasteiger charge is 2.58. The Kier molecular flexibility index (Phi) is 4.68. The number of esters is 1. The van der Waals surface area contributed by atoms with Crippen molar-refractivity contribution in [1.29, 1.82) is 0 Å².